The molecule has 1 atom stereocenters. The summed E-state index contributed by atoms with van der Waals surface area (Å²) >= 11 is 0. The summed E-state index contributed by atoms with van der Waals surface area (Å²) < 4.78 is 1.59. The Morgan fingerprint density at radius 3 is 2.50 bits per heavy atom. The number of benzene rings is 1. The number of nitrogens with zero attached hydrogens (tertiary/aromatic N) is 4. The number of carbonyl (C=O) groups is 3. The van der Waals surface area contributed by atoms with Crippen LogP contribution in [0.5, 0.6) is 0 Å². The minimum atomic E-state index is -0.973. The highest BCUT2D eigenvalue weighted by atomic mass is 16.2. The van der Waals surface area contributed by atoms with Gasteiger partial charge in [-0.05, 0) is 38.1 Å². The smallest absolute Gasteiger partial charge is 0.262 e. The predicted molar refractivity (Wildman–Crippen MR) is 101 cm³/mol. The fourth-order valence-electron chi connectivity index (χ4n) is 3.10. The standard InChI is InChI=1S/C20H17N5O3/c1-12-3-4-15-16(11-12)20(28)25(19(15)27)13(2)18(26)22-17-7-10-24(23-17)14-5-8-21-9-6-14/h3-11,13H,1-2H3,(H,22,23,26)/t13-/m1/s1. The Balaban J connectivity index is 1.51. The van der Waals surface area contributed by atoms with E-state index in [0.717, 1.165) is 16.2 Å². The van der Waals surface area contributed by atoms with Crippen molar-refractivity contribution in [3.8, 4) is 5.69 Å². The molecule has 1 aliphatic rings. The van der Waals surface area contributed by atoms with Crippen molar-refractivity contribution in [1.29, 1.82) is 0 Å². The molecule has 8 heteroatoms. The van der Waals surface area contributed by atoms with E-state index in [9.17, 15) is 14.4 Å². The average molecular weight is 375 g/mol. The molecular formula is C20H17N5O3. The monoisotopic (exact) mass is 375 g/mol. The molecule has 28 heavy (non-hydrogen) atoms. The first-order valence-corrected chi connectivity index (χ1v) is 8.71. The molecule has 4 rings (SSSR count). The van der Waals surface area contributed by atoms with E-state index in [0.29, 0.717) is 16.9 Å². The maximum atomic E-state index is 12.6. The number of carbonyl (C=O) groups excluding carboxylic acids is 3. The van der Waals surface area contributed by atoms with Crippen LogP contribution in [-0.4, -0.2) is 43.4 Å². The van der Waals surface area contributed by atoms with Gasteiger partial charge in [0.15, 0.2) is 5.82 Å². The lowest BCUT2D eigenvalue weighted by Gasteiger charge is -2.21. The number of rotatable bonds is 4. The van der Waals surface area contributed by atoms with Crippen molar-refractivity contribution in [2.45, 2.75) is 19.9 Å². The first kappa shape index (κ1) is 17.6. The van der Waals surface area contributed by atoms with Gasteiger partial charge in [0.25, 0.3) is 11.8 Å². The molecule has 1 N–H and O–H groups in total. The highest BCUT2D eigenvalue weighted by Gasteiger charge is 2.40. The third-order valence-electron chi connectivity index (χ3n) is 4.61. The van der Waals surface area contributed by atoms with Crippen molar-refractivity contribution in [1.82, 2.24) is 19.7 Å². The van der Waals surface area contributed by atoms with Gasteiger partial charge in [-0.25, -0.2) is 4.68 Å². The van der Waals surface area contributed by atoms with Crippen LogP contribution in [0.25, 0.3) is 5.69 Å². The molecule has 0 aliphatic carbocycles. The van der Waals surface area contributed by atoms with Gasteiger partial charge in [-0.3, -0.25) is 24.3 Å². The zero-order valence-electron chi connectivity index (χ0n) is 15.3. The topological polar surface area (TPSA) is 97.2 Å². The molecule has 0 saturated heterocycles. The number of hydrogen-bond donors (Lipinski definition) is 1. The summed E-state index contributed by atoms with van der Waals surface area (Å²) in [4.78, 5) is 42.8. The van der Waals surface area contributed by atoms with E-state index in [1.165, 1.54) is 6.92 Å². The minimum absolute atomic E-state index is 0.317. The van der Waals surface area contributed by atoms with Gasteiger partial charge < -0.3 is 5.32 Å². The van der Waals surface area contributed by atoms with Crippen LogP contribution in [0.15, 0.2) is 55.0 Å². The number of amides is 3. The van der Waals surface area contributed by atoms with E-state index in [1.54, 1.807) is 59.7 Å². The van der Waals surface area contributed by atoms with Crippen LogP contribution in [0, 0.1) is 6.92 Å². The second-order valence-electron chi connectivity index (χ2n) is 6.55. The van der Waals surface area contributed by atoms with E-state index in [-0.39, 0.29) is 0 Å². The van der Waals surface area contributed by atoms with E-state index >= 15 is 0 Å². The predicted octanol–water partition coefficient (Wildman–Crippen LogP) is 2.20. The van der Waals surface area contributed by atoms with Gasteiger partial charge in [0, 0.05) is 24.7 Å². The SMILES string of the molecule is Cc1ccc2c(c1)C(=O)N([C@H](C)C(=O)Nc1ccn(-c3ccncc3)n1)C2=O. The number of pyridine rings is 1. The quantitative estimate of drug-likeness (QED) is 0.705. The average Bonchev–Trinajstić information content (AvgIpc) is 3.25. The van der Waals surface area contributed by atoms with Gasteiger partial charge in [0.05, 0.1) is 16.8 Å². The van der Waals surface area contributed by atoms with E-state index in [2.05, 4.69) is 15.4 Å². The normalized spacial score (nSPS) is 14.1. The summed E-state index contributed by atoms with van der Waals surface area (Å²) in [5.41, 5.74) is 2.31. The molecule has 3 heterocycles. The molecule has 0 unspecified atom stereocenters. The van der Waals surface area contributed by atoms with Crippen molar-refractivity contribution in [3.05, 3.63) is 71.7 Å². The summed E-state index contributed by atoms with van der Waals surface area (Å²) in [5.74, 6) is -1.11. The molecule has 0 bridgehead atoms. The van der Waals surface area contributed by atoms with Crippen LogP contribution < -0.4 is 5.32 Å². The Morgan fingerprint density at radius 2 is 1.75 bits per heavy atom. The van der Waals surface area contributed by atoms with Crippen LogP contribution in [0.2, 0.25) is 0 Å². The van der Waals surface area contributed by atoms with Crippen LogP contribution in [-0.2, 0) is 4.79 Å². The van der Waals surface area contributed by atoms with Crippen molar-refractivity contribution in [2.24, 2.45) is 0 Å². The summed E-state index contributed by atoms with van der Waals surface area (Å²) in [6, 6.07) is 9.27. The highest BCUT2D eigenvalue weighted by molar-refractivity contribution is 6.23. The number of fused-ring (bicyclic) bond motifs is 1. The zero-order valence-corrected chi connectivity index (χ0v) is 15.3. The lowest BCUT2D eigenvalue weighted by atomic mass is 10.1. The van der Waals surface area contributed by atoms with Crippen LogP contribution in [0.3, 0.4) is 0 Å². The number of hydrogen-bond acceptors (Lipinski definition) is 5. The van der Waals surface area contributed by atoms with Crippen molar-refractivity contribution < 1.29 is 14.4 Å². The van der Waals surface area contributed by atoms with Crippen molar-refractivity contribution in [3.63, 3.8) is 0 Å². The second-order valence-corrected chi connectivity index (χ2v) is 6.55. The minimum Gasteiger partial charge on any atom is -0.307 e. The van der Waals surface area contributed by atoms with E-state index in [4.69, 9.17) is 0 Å². The number of nitrogens with one attached hydrogen (secondary N) is 1. The molecule has 0 saturated carbocycles. The summed E-state index contributed by atoms with van der Waals surface area (Å²) in [6.45, 7) is 3.36. The molecule has 140 valence electrons. The van der Waals surface area contributed by atoms with Gasteiger partial charge >= 0.3 is 0 Å². The number of imide groups is 1. The molecular weight excluding hydrogens is 358 g/mol. The van der Waals surface area contributed by atoms with Crippen molar-refractivity contribution >= 4 is 23.5 Å². The Bertz CT molecular complexity index is 1090. The van der Waals surface area contributed by atoms with Crippen LogP contribution in [0.4, 0.5) is 5.82 Å². The number of aryl methyl sites for hydroxylation is 1. The molecule has 0 radical (unpaired) electrons. The maximum Gasteiger partial charge on any atom is 0.262 e. The zero-order chi connectivity index (χ0) is 19.8. The second kappa shape index (κ2) is 6.73. The Hall–Kier alpha value is -3.81. The summed E-state index contributed by atoms with van der Waals surface area (Å²) in [7, 11) is 0. The van der Waals surface area contributed by atoms with Gasteiger partial charge in [-0.1, -0.05) is 11.6 Å². The molecule has 0 fully saturated rings. The lowest BCUT2D eigenvalue weighted by Crippen LogP contribution is -2.45. The van der Waals surface area contributed by atoms with Gasteiger partial charge in [-0.15, -0.1) is 0 Å². The molecule has 1 aliphatic heterocycles. The van der Waals surface area contributed by atoms with Crippen molar-refractivity contribution in [2.75, 3.05) is 5.32 Å². The molecule has 3 amide bonds. The Labute approximate surface area is 160 Å². The molecule has 0 spiro atoms. The largest absolute Gasteiger partial charge is 0.307 e. The van der Waals surface area contributed by atoms with Gasteiger partial charge in [0.2, 0.25) is 5.91 Å². The summed E-state index contributed by atoms with van der Waals surface area (Å²) in [5, 5.41) is 6.94. The molecule has 8 nitrogen and oxygen atoms in total. The maximum absolute atomic E-state index is 12.6. The summed E-state index contributed by atoms with van der Waals surface area (Å²) in [6.07, 6.45) is 4.98. The third-order valence-corrected chi connectivity index (χ3v) is 4.61. The first-order valence-electron chi connectivity index (χ1n) is 8.71. The van der Waals surface area contributed by atoms with Gasteiger partial charge in [-0.2, -0.15) is 5.10 Å². The van der Waals surface area contributed by atoms with Crippen LogP contribution >= 0.6 is 0 Å². The number of anilines is 1. The van der Waals surface area contributed by atoms with E-state index in [1.807, 2.05) is 6.92 Å². The Kier molecular flexibility index (Phi) is 4.23. The molecule has 1 aromatic carbocycles. The van der Waals surface area contributed by atoms with Crippen LogP contribution in [0.1, 0.15) is 33.2 Å². The highest BCUT2D eigenvalue weighted by Crippen LogP contribution is 2.26. The number of aromatic nitrogens is 3. The molecule has 3 aromatic rings. The third kappa shape index (κ3) is 2.94. The van der Waals surface area contributed by atoms with E-state index < -0.39 is 23.8 Å². The first-order chi connectivity index (χ1) is 13.5. The fraction of sp³-hybridized carbons (Fsp3) is 0.150. The lowest BCUT2D eigenvalue weighted by molar-refractivity contribution is -0.119. The fourth-order valence-corrected chi connectivity index (χ4v) is 3.10. The Morgan fingerprint density at radius 1 is 1.04 bits per heavy atom. The van der Waals surface area contributed by atoms with Gasteiger partial charge in [0.1, 0.15) is 6.04 Å². The molecule has 2 aromatic heterocycles.